The second kappa shape index (κ2) is 9.41. The number of unbranched alkanes of at least 4 members (excludes halogenated alkanes) is 4. The quantitative estimate of drug-likeness (QED) is 0.403. The minimum Gasteiger partial charge on any atom is -0.496 e. The van der Waals surface area contributed by atoms with Gasteiger partial charge in [-0.15, -0.1) is 0 Å². The normalized spacial score (nSPS) is 12.6. The molecular formula is C19H28O. The smallest absolute Gasteiger partial charge is 0.122 e. The summed E-state index contributed by atoms with van der Waals surface area (Å²) in [7, 11) is 1.72. The molecule has 1 aromatic carbocycles. The molecule has 1 atom stereocenters. The predicted molar refractivity (Wildman–Crippen MR) is 88.4 cm³/mol. The number of rotatable bonds is 9. The van der Waals surface area contributed by atoms with E-state index in [1.54, 1.807) is 7.11 Å². The van der Waals surface area contributed by atoms with Crippen molar-refractivity contribution < 1.29 is 4.74 Å². The van der Waals surface area contributed by atoms with Crippen LogP contribution in [0.25, 0.3) is 0 Å². The van der Waals surface area contributed by atoms with Crippen LogP contribution in [0.3, 0.4) is 0 Å². The molecule has 0 aliphatic heterocycles. The lowest BCUT2D eigenvalue weighted by Gasteiger charge is -2.16. The van der Waals surface area contributed by atoms with Crippen LogP contribution >= 0.6 is 0 Å². The highest BCUT2D eigenvalue weighted by Gasteiger charge is 2.13. The maximum Gasteiger partial charge on any atom is 0.122 e. The van der Waals surface area contributed by atoms with E-state index in [0.717, 1.165) is 17.7 Å². The fourth-order valence-electron chi connectivity index (χ4n) is 2.38. The Bertz CT molecular complexity index is 431. The van der Waals surface area contributed by atoms with Gasteiger partial charge in [0.25, 0.3) is 0 Å². The maximum absolute atomic E-state index is 5.46. The largest absolute Gasteiger partial charge is 0.496 e. The Hall–Kier alpha value is -1.50. The average Bonchev–Trinajstić information content (AvgIpc) is 2.46. The molecule has 0 aliphatic carbocycles. The van der Waals surface area contributed by atoms with E-state index in [-0.39, 0.29) is 5.92 Å². The average molecular weight is 272 g/mol. The molecule has 1 nitrogen and oxygen atoms in total. The van der Waals surface area contributed by atoms with E-state index in [2.05, 4.69) is 44.7 Å². The molecule has 0 aromatic heterocycles. The number of para-hydroxylation sites is 1. The van der Waals surface area contributed by atoms with Crippen molar-refractivity contribution in [2.24, 2.45) is 0 Å². The van der Waals surface area contributed by atoms with Gasteiger partial charge in [-0.25, -0.2) is 0 Å². The van der Waals surface area contributed by atoms with Crippen LogP contribution in [-0.2, 0) is 0 Å². The van der Waals surface area contributed by atoms with Crippen molar-refractivity contribution in [3.05, 3.63) is 54.1 Å². The third kappa shape index (κ3) is 5.24. The summed E-state index contributed by atoms with van der Waals surface area (Å²) in [5.74, 6) is 1.19. The summed E-state index contributed by atoms with van der Waals surface area (Å²) in [6.45, 7) is 8.46. The molecule has 0 unspecified atom stereocenters. The van der Waals surface area contributed by atoms with Gasteiger partial charge in [-0.2, -0.15) is 0 Å². The molecule has 0 N–H and O–H groups in total. The van der Waals surface area contributed by atoms with Gasteiger partial charge >= 0.3 is 0 Å². The standard InChI is InChI=1S/C19H28O/c1-5-6-7-8-9-10-13-17(16(2)3)18-14-11-12-15-19(18)20-4/h10-15,17H,2,5-9H2,1,3-4H3/b13-10+/t17-/m0/s1. The topological polar surface area (TPSA) is 9.23 Å². The minimum atomic E-state index is 0.248. The first-order chi connectivity index (χ1) is 9.70. The Balaban J connectivity index is 2.69. The zero-order chi connectivity index (χ0) is 14.8. The first kappa shape index (κ1) is 16.6. The van der Waals surface area contributed by atoms with Gasteiger partial charge in [0.1, 0.15) is 5.75 Å². The van der Waals surface area contributed by atoms with Crippen molar-refractivity contribution in [2.45, 2.75) is 51.9 Å². The molecular weight excluding hydrogens is 244 g/mol. The number of methoxy groups -OCH3 is 1. The van der Waals surface area contributed by atoms with E-state index in [1.807, 2.05) is 12.1 Å². The van der Waals surface area contributed by atoms with E-state index in [0.29, 0.717) is 0 Å². The molecule has 0 fully saturated rings. The van der Waals surface area contributed by atoms with Crippen LogP contribution in [0.2, 0.25) is 0 Å². The number of hydrogen-bond donors (Lipinski definition) is 0. The lowest BCUT2D eigenvalue weighted by Crippen LogP contribution is -1.99. The Kier molecular flexibility index (Phi) is 7.79. The zero-order valence-corrected chi connectivity index (χ0v) is 13.2. The van der Waals surface area contributed by atoms with Gasteiger partial charge in [0, 0.05) is 11.5 Å². The highest BCUT2D eigenvalue weighted by molar-refractivity contribution is 5.42. The summed E-state index contributed by atoms with van der Waals surface area (Å²) in [5.41, 5.74) is 2.35. The predicted octanol–water partition coefficient (Wildman–Crippen LogP) is 5.88. The highest BCUT2D eigenvalue weighted by atomic mass is 16.5. The van der Waals surface area contributed by atoms with Gasteiger partial charge in [0.15, 0.2) is 0 Å². The second-order valence-corrected chi connectivity index (χ2v) is 5.34. The number of allylic oxidation sites excluding steroid dienone is 3. The fraction of sp³-hybridized carbons (Fsp3) is 0.474. The van der Waals surface area contributed by atoms with Gasteiger partial charge in [-0.3, -0.25) is 0 Å². The molecule has 0 saturated carbocycles. The van der Waals surface area contributed by atoms with Gasteiger partial charge in [-0.05, 0) is 25.8 Å². The van der Waals surface area contributed by atoms with Gasteiger partial charge in [0.05, 0.1) is 7.11 Å². The Labute approximate surface area is 124 Å². The minimum absolute atomic E-state index is 0.248. The Morgan fingerprint density at radius 3 is 2.65 bits per heavy atom. The van der Waals surface area contributed by atoms with E-state index in [4.69, 9.17) is 4.74 Å². The van der Waals surface area contributed by atoms with Crippen molar-refractivity contribution in [2.75, 3.05) is 7.11 Å². The second-order valence-electron chi connectivity index (χ2n) is 5.34. The Morgan fingerprint density at radius 2 is 2.00 bits per heavy atom. The summed E-state index contributed by atoms with van der Waals surface area (Å²) in [6.07, 6.45) is 10.9. The van der Waals surface area contributed by atoms with Crippen LogP contribution < -0.4 is 4.74 Å². The van der Waals surface area contributed by atoms with E-state index in [9.17, 15) is 0 Å². The molecule has 0 radical (unpaired) electrons. The summed E-state index contributed by atoms with van der Waals surface area (Å²) >= 11 is 0. The summed E-state index contributed by atoms with van der Waals surface area (Å²) in [4.78, 5) is 0. The van der Waals surface area contributed by atoms with Crippen molar-refractivity contribution >= 4 is 0 Å². The van der Waals surface area contributed by atoms with Crippen molar-refractivity contribution in [3.8, 4) is 5.75 Å². The van der Waals surface area contributed by atoms with Crippen molar-refractivity contribution in [1.82, 2.24) is 0 Å². The summed E-state index contributed by atoms with van der Waals surface area (Å²) in [6, 6.07) is 8.20. The molecule has 0 saturated heterocycles. The van der Waals surface area contributed by atoms with Crippen LogP contribution in [-0.4, -0.2) is 7.11 Å². The Morgan fingerprint density at radius 1 is 1.25 bits per heavy atom. The van der Waals surface area contributed by atoms with Gasteiger partial charge < -0.3 is 4.74 Å². The van der Waals surface area contributed by atoms with E-state index >= 15 is 0 Å². The third-order valence-electron chi connectivity index (χ3n) is 3.56. The molecule has 0 bridgehead atoms. The SMILES string of the molecule is C=C(C)[C@H](/C=C/CCCCCC)c1ccccc1OC. The number of ether oxygens (including phenoxy) is 1. The van der Waals surface area contributed by atoms with Gasteiger partial charge in [0.2, 0.25) is 0 Å². The van der Waals surface area contributed by atoms with Crippen LogP contribution in [0.1, 0.15) is 57.4 Å². The summed E-state index contributed by atoms with van der Waals surface area (Å²) in [5, 5.41) is 0. The molecule has 0 heterocycles. The van der Waals surface area contributed by atoms with Crippen LogP contribution in [0, 0.1) is 0 Å². The molecule has 110 valence electrons. The van der Waals surface area contributed by atoms with Crippen molar-refractivity contribution in [3.63, 3.8) is 0 Å². The first-order valence-electron chi connectivity index (χ1n) is 7.65. The molecule has 1 rings (SSSR count). The highest BCUT2D eigenvalue weighted by Crippen LogP contribution is 2.32. The van der Waals surface area contributed by atoms with E-state index in [1.165, 1.54) is 31.2 Å². The molecule has 0 aliphatic rings. The first-order valence-corrected chi connectivity index (χ1v) is 7.65. The lowest BCUT2D eigenvalue weighted by atomic mass is 9.91. The van der Waals surface area contributed by atoms with Crippen LogP contribution in [0.15, 0.2) is 48.6 Å². The third-order valence-corrected chi connectivity index (χ3v) is 3.56. The lowest BCUT2D eigenvalue weighted by molar-refractivity contribution is 0.409. The maximum atomic E-state index is 5.46. The molecule has 0 spiro atoms. The van der Waals surface area contributed by atoms with Crippen LogP contribution in [0.4, 0.5) is 0 Å². The summed E-state index contributed by atoms with van der Waals surface area (Å²) < 4.78 is 5.46. The van der Waals surface area contributed by atoms with Crippen molar-refractivity contribution in [1.29, 1.82) is 0 Å². The number of hydrogen-bond acceptors (Lipinski definition) is 1. The van der Waals surface area contributed by atoms with Crippen LogP contribution in [0.5, 0.6) is 5.75 Å². The zero-order valence-electron chi connectivity index (χ0n) is 13.2. The fourth-order valence-corrected chi connectivity index (χ4v) is 2.38. The molecule has 1 aromatic rings. The molecule has 20 heavy (non-hydrogen) atoms. The van der Waals surface area contributed by atoms with E-state index < -0.39 is 0 Å². The van der Waals surface area contributed by atoms with Gasteiger partial charge in [-0.1, -0.05) is 68.7 Å². The molecule has 0 amide bonds. The monoisotopic (exact) mass is 272 g/mol. The number of benzene rings is 1. The molecule has 1 heteroatoms.